The van der Waals surface area contributed by atoms with Gasteiger partial charge in [0, 0.05) is 49.7 Å². The summed E-state index contributed by atoms with van der Waals surface area (Å²) in [5.41, 5.74) is 10.0. The first-order chi connectivity index (χ1) is 20.7. The zero-order valence-electron chi connectivity index (χ0n) is 23.3. The lowest BCUT2D eigenvalue weighted by Crippen LogP contribution is -2.61. The van der Waals surface area contributed by atoms with Crippen molar-refractivity contribution in [3.8, 4) is 17.3 Å². The number of carbonyl (C=O) groups excluding carboxylic acids is 1. The summed E-state index contributed by atoms with van der Waals surface area (Å²) in [6, 6.07) is 10.8. The van der Waals surface area contributed by atoms with Crippen molar-refractivity contribution in [2.24, 2.45) is 0 Å². The van der Waals surface area contributed by atoms with Crippen LogP contribution in [0.25, 0.3) is 16.6 Å². The molecule has 5 aromatic rings. The fourth-order valence-electron chi connectivity index (χ4n) is 5.86. The average Bonchev–Trinajstić information content (AvgIpc) is 3.58. The summed E-state index contributed by atoms with van der Waals surface area (Å²) in [7, 11) is 0. The van der Waals surface area contributed by atoms with Gasteiger partial charge in [-0.2, -0.15) is 5.10 Å². The van der Waals surface area contributed by atoms with Gasteiger partial charge in [0.2, 0.25) is 17.4 Å². The molecule has 43 heavy (non-hydrogen) atoms. The number of alkyl halides is 1. The smallest absolute Gasteiger partial charge is 0.219 e. The molecular formula is C31H28F3N7O2. The summed E-state index contributed by atoms with van der Waals surface area (Å²) in [4.78, 5) is 23.1. The van der Waals surface area contributed by atoms with E-state index in [-0.39, 0.29) is 23.0 Å². The van der Waals surface area contributed by atoms with Gasteiger partial charge in [-0.05, 0) is 54.3 Å². The summed E-state index contributed by atoms with van der Waals surface area (Å²) in [6.07, 6.45) is 3.57. The number of carbonyl (C=O) groups is 1. The molecule has 9 nitrogen and oxygen atoms in total. The number of aromatic amines is 1. The maximum atomic E-state index is 14.7. The van der Waals surface area contributed by atoms with Gasteiger partial charge >= 0.3 is 0 Å². The molecule has 0 bridgehead atoms. The van der Waals surface area contributed by atoms with Gasteiger partial charge in [-0.3, -0.25) is 9.69 Å². The van der Waals surface area contributed by atoms with Gasteiger partial charge in [0.15, 0.2) is 11.6 Å². The van der Waals surface area contributed by atoms with Gasteiger partial charge in [-0.25, -0.2) is 22.8 Å². The third kappa shape index (κ3) is 4.82. The molecule has 7 rings (SSSR count). The van der Waals surface area contributed by atoms with E-state index in [0.717, 1.165) is 47.1 Å². The first-order valence-electron chi connectivity index (χ1n) is 13.9. The molecule has 2 aliphatic heterocycles. The lowest BCUT2D eigenvalue weighted by molar-refractivity contribution is 0.0378. The van der Waals surface area contributed by atoms with E-state index >= 15 is 0 Å². The molecule has 3 aromatic heterocycles. The van der Waals surface area contributed by atoms with Crippen molar-refractivity contribution >= 4 is 22.5 Å². The highest BCUT2D eigenvalue weighted by Gasteiger charge is 2.39. The van der Waals surface area contributed by atoms with Crippen LogP contribution in [0.15, 0.2) is 54.9 Å². The number of fused-ring (bicyclic) bond motifs is 3. The third-order valence-electron chi connectivity index (χ3n) is 8.18. The van der Waals surface area contributed by atoms with Gasteiger partial charge in [-0.15, -0.1) is 0 Å². The molecule has 0 unspecified atom stereocenters. The molecule has 5 heterocycles. The number of para-hydroxylation sites is 1. The molecule has 1 fully saturated rings. The number of nitrogens with one attached hydrogen (secondary N) is 2. The number of anilines is 1. The first-order valence-corrected chi connectivity index (χ1v) is 13.9. The minimum Gasteiger partial charge on any atom is -0.433 e. The van der Waals surface area contributed by atoms with Crippen LogP contribution in [-0.4, -0.2) is 62.3 Å². The van der Waals surface area contributed by atoms with E-state index in [0.29, 0.717) is 43.1 Å². The number of ether oxygens (including phenoxy) is 1. The highest BCUT2D eigenvalue weighted by atomic mass is 19.1. The van der Waals surface area contributed by atoms with Crippen molar-refractivity contribution < 1.29 is 22.7 Å². The third-order valence-corrected chi connectivity index (χ3v) is 8.18. The topological polar surface area (TPSA) is 114 Å². The second-order valence-electron chi connectivity index (χ2n) is 11.2. The van der Waals surface area contributed by atoms with Gasteiger partial charge in [0.05, 0.1) is 29.3 Å². The van der Waals surface area contributed by atoms with Crippen LogP contribution in [0.4, 0.5) is 19.0 Å². The van der Waals surface area contributed by atoms with Crippen LogP contribution in [0.5, 0.6) is 11.6 Å². The van der Waals surface area contributed by atoms with Crippen molar-refractivity contribution in [2.75, 3.05) is 31.9 Å². The fraction of sp³-hybridized carbons (Fsp3) is 0.258. The van der Waals surface area contributed by atoms with Crippen LogP contribution in [0.3, 0.4) is 0 Å². The number of pyridine rings is 1. The van der Waals surface area contributed by atoms with Gasteiger partial charge in [0.25, 0.3) is 0 Å². The molecule has 12 heteroatoms. The molecule has 0 radical (unpaired) electrons. The number of benzene rings is 2. The largest absolute Gasteiger partial charge is 0.433 e. The minimum absolute atomic E-state index is 0.0129. The van der Waals surface area contributed by atoms with E-state index in [9.17, 15) is 18.0 Å². The number of H-pyrrole nitrogens is 1. The number of nitrogens with zero attached hydrogens (tertiary/aromatic N) is 4. The highest BCUT2D eigenvalue weighted by Crippen LogP contribution is 2.32. The molecule has 0 atom stereocenters. The Morgan fingerprint density at radius 2 is 1.93 bits per heavy atom. The number of aromatic nitrogens is 4. The second-order valence-corrected chi connectivity index (χ2v) is 11.2. The van der Waals surface area contributed by atoms with Crippen LogP contribution in [-0.2, 0) is 13.0 Å². The standard InChI is InChI=1S/C31H28F3N7O2/c1-17-9-27(43-29-22(32)3-2-4-23(29)33)37-12-26(17)41-30(35)21(11-38-41)28(42)25-10-20-19-7-8-40(16-31(34)14-36-15-31)13-18(19)5-6-24(20)39-25/h2-6,9-12,36,39H,7-8,13-16,35H2,1H3. The van der Waals surface area contributed by atoms with Crippen molar-refractivity contribution in [2.45, 2.75) is 25.6 Å². The number of rotatable bonds is 7. The Hall–Kier alpha value is -4.68. The SMILES string of the molecule is Cc1cc(Oc2c(F)cccc2F)ncc1-n1ncc(C(=O)c2cc3c4c(ccc3[nH]2)CN(CC2(F)CNC2)CC4)c1N. The van der Waals surface area contributed by atoms with Crippen LogP contribution >= 0.6 is 0 Å². The van der Waals surface area contributed by atoms with Crippen LogP contribution in [0, 0.1) is 18.6 Å². The van der Waals surface area contributed by atoms with Crippen molar-refractivity contribution in [3.05, 3.63) is 94.4 Å². The van der Waals surface area contributed by atoms with Crippen LogP contribution in [0.2, 0.25) is 0 Å². The fourth-order valence-corrected chi connectivity index (χ4v) is 5.86. The zero-order chi connectivity index (χ0) is 29.9. The van der Waals surface area contributed by atoms with E-state index < -0.39 is 23.1 Å². The van der Waals surface area contributed by atoms with E-state index in [2.05, 4.69) is 25.3 Å². The average molecular weight is 588 g/mol. The molecule has 220 valence electrons. The number of nitrogens with two attached hydrogens (primary N) is 1. The van der Waals surface area contributed by atoms with Crippen molar-refractivity contribution in [3.63, 3.8) is 0 Å². The molecule has 2 aliphatic rings. The van der Waals surface area contributed by atoms with Crippen molar-refractivity contribution in [1.29, 1.82) is 0 Å². The summed E-state index contributed by atoms with van der Waals surface area (Å²) >= 11 is 0. The van der Waals surface area contributed by atoms with Crippen molar-refractivity contribution in [1.82, 2.24) is 30.0 Å². The van der Waals surface area contributed by atoms with E-state index in [1.807, 2.05) is 18.2 Å². The first kappa shape index (κ1) is 27.2. The number of nitrogen functional groups attached to an aromatic ring is 1. The minimum atomic E-state index is -1.16. The van der Waals surface area contributed by atoms with Crippen LogP contribution in [0.1, 0.15) is 32.7 Å². The van der Waals surface area contributed by atoms with Crippen LogP contribution < -0.4 is 15.8 Å². The Balaban J connectivity index is 1.12. The summed E-state index contributed by atoms with van der Waals surface area (Å²) in [5, 5.41) is 8.30. The number of hydrogen-bond acceptors (Lipinski definition) is 7. The Morgan fingerprint density at radius 1 is 1.14 bits per heavy atom. The number of hydrogen-bond donors (Lipinski definition) is 3. The monoisotopic (exact) mass is 587 g/mol. The summed E-state index contributed by atoms with van der Waals surface area (Å²) < 4.78 is 49.4. The summed E-state index contributed by atoms with van der Waals surface area (Å²) in [6.45, 7) is 4.35. The quantitative estimate of drug-likeness (QED) is 0.238. The Bertz CT molecular complexity index is 1880. The molecule has 0 saturated carbocycles. The number of aryl methyl sites for hydroxylation is 1. The molecule has 1 saturated heterocycles. The van der Waals surface area contributed by atoms with Gasteiger partial charge < -0.3 is 20.8 Å². The normalized spacial score (nSPS) is 16.2. The number of ketones is 1. The molecule has 2 aromatic carbocycles. The second kappa shape index (κ2) is 10.2. The predicted octanol–water partition coefficient (Wildman–Crippen LogP) is 4.61. The maximum Gasteiger partial charge on any atom is 0.219 e. The lowest BCUT2D eigenvalue weighted by Gasteiger charge is -2.40. The van der Waals surface area contributed by atoms with Gasteiger partial charge in [0.1, 0.15) is 11.5 Å². The maximum absolute atomic E-state index is 14.7. The Kier molecular flexibility index (Phi) is 6.47. The molecule has 0 spiro atoms. The summed E-state index contributed by atoms with van der Waals surface area (Å²) in [5.74, 6) is -2.46. The molecular weight excluding hydrogens is 559 g/mol. The Morgan fingerprint density at radius 3 is 2.65 bits per heavy atom. The molecule has 4 N–H and O–H groups in total. The zero-order valence-corrected chi connectivity index (χ0v) is 23.3. The number of halogens is 3. The highest BCUT2D eigenvalue weighted by molar-refractivity contribution is 6.12. The van der Waals surface area contributed by atoms with Gasteiger partial charge in [-0.1, -0.05) is 12.1 Å². The van der Waals surface area contributed by atoms with E-state index in [1.54, 1.807) is 6.92 Å². The Labute approximate surface area is 244 Å². The van der Waals surface area contributed by atoms with E-state index in [1.165, 1.54) is 29.2 Å². The predicted molar refractivity (Wildman–Crippen MR) is 154 cm³/mol. The van der Waals surface area contributed by atoms with E-state index in [4.69, 9.17) is 10.5 Å². The molecule has 0 amide bonds. The molecule has 0 aliphatic carbocycles. The lowest BCUT2D eigenvalue weighted by atomic mass is 9.93.